The maximum Gasteiger partial charge on any atom is 0.0430 e. The maximum absolute atomic E-state index is 3.75. The molecule has 1 atom stereocenters. The summed E-state index contributed by atoms with van der Waals surface area (Å²) in [5.41, 5.74) is 2.63. The Labute approximate surface area is 113 Å². The summed E-state index contributed by atoms with van der Waals surface area (Å²) < 4.78 is 0. The third-order valence-electron chi connectivity index (χ3n) is 3.69. The Bertz CT molecular complexity index is 500. The highest BCUT2D eigenvalue weighted by Crippen LogP contribution is 2.38. The van der Waals surface area contributed by atoms with E-state index in [4.69, 9.17) is 0 Å². The number of rotatable bonds is 5. The maximum atomic E-state index is 3.75. The van der Waals surface area contributed by atoms with Crippen LogP contribution in [0.2, 0.25) is 0 Å². The molecule has 2 aromatic rings. The number of hydrogen-bond donors (Lipinski definition) is 1. The Hall–Kier alpha value is -1.28. The van der Waals surface area contributed by atoms with Crippen LogP contribution in [0.25, 0.3) is 10.4 Å². The van der Waals surface area contributed by atoms with Crippen molar-refractivity contribution in [3.63, 3.8) is 0 Å². The van der Waals surface area contributed by atoms with Gasteiger partial charge in [-0.2, -0.15) is 0 Å². The highest BCUT2D eigenvalue weighted by Gasteiger charge is 2.30. The van der Waals surface area contributed by atoms with Gasteiger partial charge in [0.15, 0.2) is 0 Å². The van der Waals surface area contributed by atoms with Gasteiger partial charge in [0, 0.05) is 22.2 Å². The molecule has 1 saturated carbocycles. The van der Waals surface area contributed by atoms with E-state index in [9.17, 15) is 0 Å². The van der Waals surface area contributed by atoms with Crippen molar-refractivity contribution in [1.82, 2.24) is 0 Å². The van der Waals surface area contributed by atoms with E-state index in [2.05, 4.69) is 54.0 Å². The lowest BCUT2D eigenvalue weighted by atomic mass is 10.1. The van der Waals surface area contributed by atoms with Crippen LogP contribution >= 0.6 is 11.3 Å². The van der Waals surface area contributed by atoms with Gasteiger partial charge in [-0.3, -0.25) is 0 Å². The lowest BCUT2D eigenvalue weighted by Gasteiger charge is -2.19. The molecule has 1 nitrogen and oxygen atoms in total. The third-order valence-corrected chi connectivity index (χ3v) is 4.59. The SMILES string of the molecule is CCC(Nc1ccccc1-c1cccs1)C1CC1. The van der Waals surface area contributed by atoms with Crippen LogP contribution < -0.4 is 5.32 Å². The summed E-state index contributed by atoms with van der Waals surface area (Å²) in [7, 11) is 0. The van der Waals surface area contributed by atoms with E-state index in [1.807, 2.05) is 11.3 Å². The zero-order valence-electron chi connectivity index (χ0n) is 10.7. The van der Waals surface area contributed by atoms with Crippen molar-refractivity contribution in [3.05, 3.63) is 41.8 Å². The Balaban J connectivity index is 1.87. The van der Waals surface area contributed by atoms with Gasteiger partial charge >= 0.3 is 0 Å². The van der Waals surface area contributed by atoms with Crippen LogP contribution in [0.5, 0.6) is 0 Å². The Morgan fingerprint density at radius 2 is 2.06 bits per heavy atom. The molecule has 0 radical (unpaired) electrons. The summed E-state index contributed by atoms with van der Waals surface area (Å²) in [6, 6.07) is 13.6. The Kier molecular flexibility index (Phi) is 3.37. The molecule has 0 amide bonds. The molecule has 1 N–H and O–H groups in total. The van der Waals surface area contributed by atoms with Crippen LogP contribution in [-0.4, -0.2) is 6.04 Å². The first kappa shape index (κ1) is 11.8. The average Bonchev–Trinajstić information content (AvgIpc) is 3.11. The number of benzene rings is 1. The monoisotopic (exact) mass is 257 g/mol. The predicted octanol–water partition coefficient (Wildman–Crippen LogP) is 5.02. The zero-order valence-corrected chi connectivity index (χ0v) is 11.5. The highest BCUT2D eigenvalue weighted by atomic mass is 32.1. The molecule has 0 aliphatic heterocycles. The van der Waals surface area contributed by atoms with Crippen molar-refractivity contribution in [2.45, 2.75) is 32.2 Å². The van der Waals surface area contributed by atoms with E-state index >= 15 is 0 Å². The molecule has 0 saturated heterocycles. The fourth-order valence-corrected chi connectivity index (χ4v) is 3.27. The summed E-state index contributed by atoms with van der Waals surface area (Å²) in [4.78, 5) is 1.35. The number of hydrogen-bond acceptors (Lipinski definition) is 2. The van der Waals surface area contributed by atoms with E-state index in [0.717, 1.165) is 5.92 Å². The molecular weight excluding hydrogens is 238 g/mol. The van der Waals surface area contributed by atoms with Gasteiger partial charge in [-0.15, -0.1) is 11.3 Å². The second-order valence-corrected chi connectivity index (χ2v) is 5.97. The highest BCUT2D eigenvalue weighted by molar-refractivity contribution is 7.13. The number of nitrogens with one attached hydrogen (secondary N) is 1. The first-order chi connectivity index (χ1) is 8.88. The lowest BCUT2D eigenvalue weighted by molar-refractivity contribution is 0.617. The first-order valence-electron chi connectivity index (χ1n) is 6.78. The van der Waals surface area contributed by atoms with Gasteiger partial charge in [-0.25, -0.2) is 0 Å². The molecule has 94 valence electrons. The van der Waals surface area contributed by atoms with Crippen molar-refractivity contribution < 1.29 is 0 Å². The van der Waals surface area contributed by atoms with Crippen molar-refractivity contribution in [2.75, 3.05) is 5.32 Å². The van der Waals surface area contributed by atoms with Crippen LogP contribution in [0.1, 0.15) is 26.2 Å². The summed E-state index contributed by atoms with van der Waals surface area (Å²) in [6.07, 6.45) is 4.00. The molecule has 1 fully saturated rings. The van der Waals surface area contributed by atoms with Gasteiger partial charge in [-0.05, 0) is 42.7 Å². The van der Waals surface area contributed by atoms with E-state index in [1.54, 1.807) is 0 Å². The van der Waals surface area contributed by atoms with Gasteiger partial charge < -0.3 is 5.32 Å². The van der Waals surface area contributed by atoms with E-state index in [1.165, 1.54) is 35.4 Å². The fourth-order valence-electron chi connectivity index (χ4n) is 2.51. The lowest BCUT2D eigenvalue weighted by Crippen LogP contribution is -2.20. The number of thiophene rings is 1. The minimum absolute atomic E-state index is 0.645. The first-order valence-corrected chi connectivity index (χ1v) is 7.66. The molecule has 0 spiro atoms. The molecule has 1 aromatic heterocycles. The molecule has 0 bridgehead atoms. The average molecular weight is 257 g/mol. The van der Waals surface area contributed by atoms with Crippen LogP contribution in [0.3, 0.4) is 0 Å². The minimum Gasteiger partial charge on any atom is -0.382 e. The topological polar surface area (TPSA) is 12.0 Å². The molecule has 2 heteroatoms. The summed E-state index contributed by atoms with van der Waals surface area (Å²) in [6.45, 7) is 2.28. The second kappa shape index (κ2) is 5.15. The molecule has 1 aromatic carbocycles. The van der Waals surface area contributed by atoms with Crippen LogP contribution in [-0.2, 0) is 0 Å². The summed E-state index contributed by atoms with van der Waals surface area (Å²) in [5.74, 6) is 0.895. The molecule has 1 unspecified atom stereocenters. The van der Waals surface area contributed by atoms with Crippen LogP contribution in [0, 0.1) is 5.92 Å². The number of para-hydroxylation sites is 1. The number of anilines is 1. The van der Waals surface area contributed by atoms with E-state index in [0.29, 0.717) is 6.04 Å². The van der Waals surface area contributed by atoms with Gasteiger partial charge in [-0.1, -0.05) is 31.2 Å². The summed E-state index contributed by atoms with van der Waals surface area (Å²) >= 11 is 1.81. The normalized spacial score (nSPS) is 16.5. The van der Waals surface area contributed by atoms with Crippen molar-refractivity contribution in [2.24, 2.45) is 5.92 Å². The van der Waals surface area contributed by atoms with Crippen molar-refractivity contribution in [1.29, 1.82) is 0 Å². The molecule has 1 heterocycles. The van der Waals surface area contributed by atoms with Crippen LogP contribution in [0.15, 0.2) is 41.8 Å². The molecule has 1 aliphatic rings. The predicted molar refractivity (Wildman–Crippen MR) is 80.2 cm³/mol. The largest absolute Gasteiger partial charge is 0.382 e. The molecule has 1 aliphatic carbocycles. The summed E-state index contributed by atoms with van der Waals surface area (Å²) in [5, 5.41) is 5.90. The van der Waals surface area contributed by atoms with Gasteiger partial charge in [0.2, 0.25) is 0 Å². The fraction of sp³-hybridized carbons (Fsp3) is 0.375. The standard InChI is InChI=1S/C16H19NS/c1-2-14(12-9-10-12)17-15-7-4-3-6-13(15)16-8-5-11-18-16/h3-8,11-12,14,17H,2,9-10H2,1H3. The van der Waals surface area contributed by atoms with E-state index in [-0.39, 0.29) is 0 Å². The zero-order chi connectivity index (χ0) is 12.4. The van der Waals surface area contributed by atoms with Crippen LogP contribution in [0.4, 0.5) is 5.69 Å². The van der Waals surface area contributed by atoms with Crippen molar-refractivity contribution >= 4 is 17.0 Å². The molecular formula is C16H19NS. The van der Waals surface area contributed by atoms with Gasteiger partial charge in [0.05, 0.1) is 0 Å². The quantitative estimate of drug-likeness (QED) is 0.793. The molecule has 18 heavy (non-hydrogen) atoms. The van der Waals surface area contributed by atoms with Gasteiger partial charge in [0.25, 0.3) is 0 Å². The Morgan fingerprint density at radius 1 is 1.22 bits per heavy atom. The molecule has 3 rings (SSSR count). The van der Waals surface area contributed by atoms with E-state index < -0.39 is 0 Å². The van der Waals surface area contributed by atoms with Gasteiger partial charge in [0.1, 0.15) is 0 Å². The minimum atomic E-state index is 0.645. The third kappa shape index (κ3) is 2.44. The van der Waals surface area contributed by atoms with Crippen molar-refractivity contribution in [3.8, 4) is 10.4 Å². The second-order valence-electron chi connectivity index (χ2n) is 5.02. The Morgan fingerprint density at radius 3 is 2.72 bits per heavy atom. The smallest absolute Gasteiger partial charge is 0.0430 e.